The maximum Gasteiger partial charge on any atom is 0.428 e. The maximum atomic E-state index is 11.2. The van der Waals surface area contributed by atoms with Gasteiger partial charge in [-0.05, 0) is 18.2 Å². The largest absolute Gasteiger partial charge is 0.428 e. The number of carbonyl (C=O) groups is 2. The van der Waals surface area contributed by atoms with E-state index in [9.17, 15) is 14.2 Å². The van der Waals surface area contributed by atoms with E-state index in [0.717, 1.165) is 0 Å². The van der Waals surface area contributed by atoms with Crippen LogP contribution in [0.4, 0.5) is 0 Å². The second-order valence-corrected chi connectivity index (χ2v) is 7.09. The summed E-state index contributed by atoms with van der Waals surface area (Å²) < 4.78 is 20.0. The van der Waals surface area contributed by atoms with Crippen LogP contribution in [0.2, 0.25) is 0 Å². The average Bonchev–Trinajstić information content (AvgIpc) is 2.40. The molecule has 1 aromatic rings. The molecule has 8 heteroatoms. The van der Waals surface area contributed by atoms with Gasteiger partial charge in [-0.1, -0.05) is 0 Å². The Kier molecular flexibility index (Phi) is 2.70. The van der Waals surface area contributed by atoms with Crippen LogP contribution >= 0.6 is 28.6 Å². The number of carbonyl (C=O) groups excluding carboxylic acids is 2. The quantitative estimate of drug-likeness (QED) is 0.473. The monoisotopic (exact) mass is 280 g/mol. The van der Waals surface area contributed by atoms with Crippen LogP contribution in [0, 0.1) is 0 Å². The molecule has 0 bridgehead atoms. The zero-order chi connectivity index (χ0) is 11.9. The highest BCUT2D eigenvalue weighted by Gasteiger charge is 2.30. The lowest BCUT2D eigenvalue weighted by Crippen LogP contribution is -1.96. The molecule has 1 aromatic carbocycles. The molecular formula is C8H3Cl2O5P. The van der Waals surface area contributed by atoms with E-state index in [1.54, 1.807) is 0 Å². The summed E-state index contributed by atoms with van der Waals surface area (Å²) >= 11 is 10.4. The Morgan fingerprint density at radius 2 is 1.75 bits per heavy atom. The predicted molar refractivity (Wildman–Crippen MR) is 56.1 cm³/mol. The Balaban J connectivity index is 2.41. The molecule has 1 aliphatic heterocycles. The normalized spacial score (nSPS) is 14.6. The van der Waals surface area contributed by atoms with Crippen LogP contribution in [0.25, 0.3) is 0 Å². The van der Waals surface area contributed by atoms with Gasteiger partial charge in [0.2, 0.25) is 0 Å². The third-order valence-corrected chi connectivity index (χ3v) is 2.67. The van der Waals surface area contributed by atoms with Crippen molar-refractivity contribution in [2.24, 2.45) is 0 Å². The van der Waals surface area contributed by atoms with E-state index < -0.39 is 18.0 Å². The number of fused-ring (bicyclic) bond motifs is 1. The van der Waals surface area contributed by atoms with Crippen molar-refractivity contribution in [1.29, 1.82) is 0 Å². The molecule has 2 rings (SSSR count). The topological polar surface area (TPSA) is 69.7 Å². The molecule has 0 saturated carbocycles. The standard InChI is InChI=1S/C8H3Cl2O5P/c9-16(10,13)15-4-1-2-5-6(3-4)8(12)14-7(5)11/h1-3H. The van der Waals surface area contributed by atoms with Crippen LogP contribution in [0.3, 0.4) is 0 Å². The van der Waals surface area contributed by atoms with Crippen LogP contribution < -0.4 is 4.52 Å². The van der Waals surface area contributed by atoms with Gasteiger partial charge in [-0.2, -0.15) is 0 Å². The van der Waals surface area contributed by atoms with Crippen molar-refractivity contribution < 1.29 is 23.4 Å². The van der Waals surface area contributed by atoms with Crippen molar-refractivity contribution in [1.82, 2.24) is 0 Å². The molecule has 0 saturated heterocycles. The molecular weight excluding hydrogens is 278 g/mol. The number of esters is 2. The summed E-state index contributed by atoms with van der Waals surface area (Å²) in [5.74, 6) is -1.49. The van der Waals surface area contributed by atoms with Gasteiger partial charge in [-0.15, -0.1) is 0 Å². The first-order valence-corrected chi connectivity index (χ1v) is 7.40. The zero-order valence-electron chi connectivity index (χ0n) is 7.48. The number of rotatable bonds is 2. The van der Waals surface area contributed by atoms with E-state index in [1.165, 1.54) is 18.2 Å². The number of benzene rings is 1. The van der Waals surface area contributed by atoms with Crippen molar-refractivity contribution in [2.45, 2.75) is 0 Å². The molecule has 0 spiro atoms. The summed E-state index contributed by atoms with van der Waals surface area (Å²) in [6.45, 7) is 0. The third kappa shape index (κ3) is 2.21. The lowest BCUT2D eigenvalue weighted by atomic mass is 10.1. The zero-order valence-corrected chi connectivity index (χ0v) is 9.88. The Bertz CT molecular complexity index is 535. The first-order valence-electron chi connectivity index (χ1n) is 3.96. The van der Waals surface area contributed by atoms with E-state index in [4.69, 9.17) is 22.5 Å². The molecule has 5 nitrogen and oxygen atoms in total. The third-order valence-electron chi connectivity index (χ3n) is 1.83. The molecule has 0 fully saturated rings. The molecule has 0 amide bonds. The highest BCUT2D eigenvalue weighted by Crippen LogP contribution is 2.57. The van der Waals surface area contributed by atoms with Gasteiger partial charge >= 0.3 is 18.0 Å². The maximum absolute atomic E-state index is 11.2. The minimum atomic E-state index is -3.74. The lowest BCUT2D eigenvalue weighted by molar-refractivity contribution is 0.0443. The minimum Gasteiger partial charge on any atom is -0.422 e. The van der Waals surface area contributed by atoms with E-state index in [1.807, 2.05) is 0 Å². The number of ether oxygens (including phenoxy) is 1. The highest BCUT2D eigenvalue weighted by molar-refractivity contribution is 8.05. The molecule has 1 heterocycles. The van der Waals surface area contributed by atoms with Crippen LogP contribution in [0.5, 0.6) is 5.75 Å². The highest BCUT2D eigenvalue weighted by atomic mass is 35.9. The fraction of sp³-hybridized carbons (Fsp3) is 0. The van der Waals surface area contributed by atoms with Gasteiger partial charge in [0.15, 0.2) is 0 Å². The van der Waals surface area contributed by atoms with Crippen LogP contribution in [0.1, 0.15) is 20.7 Å². The van der Waals surface area contributed by atoms with Gasteiger partial charge in [0.05, 0.1) is 11.1 Å². The first-order chi connectivity index (χ1) is 7.37. The van der Waals surface area contributed by atoms with Crippen LogP contribution in [-0.2, 0) is 9.30 Å². The van der Waals surface area contributed by atoms with Gasteiger partial charge in [-0.25, -0.2) is 14.2 Å². The number of cyclic esters (lactones) is 2. The smallest absolute Gasteiger partial charge is 0.422 e. The summed E-state index contributed by atoms with van der Waals surface area (Å²) in [5, 5.41) is 0. The molecule has 0 atom stereocenters. The van der Waals surface area contributed by atoms with Gasteiger partial charge in [0.1, 0.15) is 5.75 Å². The van der Waals surface area contributed by atoms with Crippen molar-refractivity contribution in [3.8, 4) is 5.75 Å². The van der Waals surface area contributed by atoms with Crippen molar-refractivity contribution in [3.05, 3.63) is 29.3 Å². The number of hydrogen-bond acceptors (Lipinski definition) is 5. The Morgan fingerprint density at radius 1 is 1.12 bits per heavy atom. The minimum absolute atomic E-state index is 0.0266. The van der Waals surface area contributed by atoms with Gasteiger partial charge < -0.3 is 9.26 Å². The molecule has 1 aliphatic rings. The summed E-state index contributed by atoms with van der Waals surface area (Å²) in [7, 11) is 0. The second kappa shape index (κ2) is 3.77. The SMILES string of the molecule is O=C1OC(=O)c2cc(OP(=O)(Cl)Cl)ccc21. The van der Waals surface area contributed by atoms with E-state index in [0.29, 0.717) is 0 Å². The van der Waals surface area contributed by atoms with Crippen molar-refractivity contribution in [3.63, 3.8) is 0 Å². The summed E-state index contributed by atoms with van der Waals surface area (Å²) in [6, 6.07) is 3.82. The van der Waals surface area contributed by atoms with Crippen molar-refractivity contribution in [2.75, 3.05) is 0 Å². The fourth-order valence-corrected chi connectivity index (χ4v) is 2.08. The molecule has 0 aliphatic carbocycles. The number of hydrogen-bond donors (Lipinski definition) is 0. The van der Waals surface area contributed by atoms with Crippen molar-refractivity contribution >= 4 is 40.5 Å². The summed E-state index contributed by atoms with van der Waals surface area (Å²) in [5.41, 5.74) is 0.153. The second-order valence-electron chi connectivity index (χ2n) is 2.89. The summed E-state index contributed by atoms with van der Waals surface area (Å²) in [6.07, 6.45) is -3.74. The molecule has 0 N–H and O–H groups in total. The van der Waals surface area contributed by atoms with E-state index in [2.05, 4.69) is 9.26 Å². The van der Waals surface area contributed by atoms with E-state index in [-0.39, 0.29) is 16.9 Å². The first kappa shape index (κ1) is 11.5. The van der Waals surface area contributed by atoms with Gasteiger partial charge in [0, 0.05) is 22.5 Å². The molecule has 0 aromatic heterocycles. The Hall–Kier alpha value is -1.03. The Morgan fingerprint density at radius 3 is 2.38 bits per heavy atom. The molecule has 84 valence electrons. The van der Waals surface area contributed by atoms with Gasteiger partial charge in [0.25, 0.3) is 0 Å². The molecule has 0 unspecified atom stereocenters. The molecule has 0 radical (unpaired) electrons. The Labute approximate surface area is 99.3 Å². The summed E-state index contributed by atoms with van der Waals surface area (Å²) in [4.78, 5) is 22.2. The van der Waals surface area contributed by atoms with Gasteiger partial charge in [-0.3, -0.25) is 0 Å². The van der Waals surface area contributed by atoms with E-state index >= 15 is 0 Å². The molecule has 16 heavy (non-hydrogen) atoms. The van der Waals surface area contributed by atoms with Crippen LogP contribution in [0.15, 0.2) is 18.2 Å². The number of halogens is 2. The average molecular weight is 281 g/mol. The lowest BCUT2D eigenvalue weighted by Gasteiger charge is -2.05. The predicted octanol–water partition coefficient (Wildman–Crippen LogP) is 2.96. The fourth-order valence-electron chi connectivity index (χ4n) is 1.24. The van der Waals surface area contributed by atoms with Crippen LogP contribution in [-0.4, -0.2) is 11.9 Å².